The normalized spacial score (nSPS) is 15.4. The van der Waals surface area contributed by atoms with Crippen molar-refractivity contribution < 1.29 is 9.84 Å². The maximum Gasteiger partial charge on any atom is 0.0898 e. The Balaban J connectivity index is 2.28. The summed E-state index contributed by atoms with van der Waals surface area (Å²) in [5.41, 5.74) is 1.02. The van der Waals surface area contributed by atoms with E-state index in [-0.39, 0.29) is 11.6 Å². The van der Waals surface area contributed by atoms with Gasteiger partial charge in [0.25, 0.3) is 0 Å². The fraction of sp³-hybridized carbons (Fsp3) is 0.600. The molecule has 0 fully saturated rings. The van der Waals surface area contributed by atoms with Crippen LogP contribution >= 0.6 is 0 Å². The summed E-state index contributed by atoms with van der Waals surface area (Å²) in [7, 11) is 0. The molecule has 0 aromatic heterocycles. The average molecular weight is 251 g/mol. The van der Waals surface area contributed by atoms with E-state index in [9.17, 15) is 5.11 Å². The first-order chi connectivity index (χ1) is 8.38. The van der Waals surface area contributed by atoms with Crippen LogP contribution in [0.2, 0.25) is 0 Å². The van der Waals surface area contributed by atoms with Crippen LogP contribution < -0.4 is 5.32 Å². The monoisotopic (exact) mass is 251 g/mol. The number of hydrogen-bond acceptors (Lipinski definition) is 3. The molecule has 102 valence electrons. The molecule has 0 aliphatic heterocycles. The Hall–Kier alpha value is -0.900. The van der Waals surface area contributed by atoms with Crippen LogP contribution in [0.1, 0.15) is 39.3 Å². The van der Waals surface area contributed by atoms with Gasteiger partial charge in [0.05, 0.1) is 18.3 Å². The van der Waals surface area contributed by atoms with Gasteiger partial charge in [-0.25, -0.2) is 0 Å². The van der Waals surface area contributed by atoms with Crippen molar-refractivity contribution in [3.05, 3.63) is 35.9 Å². The van der Waals surface area contributed by atoms with E-state index in [1.54, 1.807) is 0 Å². The number of ether oxygens (including phenoxy) is 1. The lowest BCUT2D eigenvalue weighted by atomic mass is 10.1. The quantitative estimate of drug-likeness (QED) is 0.816. The van der Waals surface area contributed by atoms with E-state index in [0.29, 0.717) is 13.2 Å². The molecule has 0 saturated heterocycles. The van der Waals surface area contributed by atoms with Gasteiger partial charge in [0.2, 0.25) is 0 Å². The fourth-order valence-corrected chi connectivity index (χ4v) is 1.58. The lowest BCUT2D eigenvalue weighted by molar-refractivity contribution is -0.0482. The molecule has 0 spiro atoms. The molecule has 0 aliphatic rings. The Morgan fingerprint density at radius 3 is 2.39 bits per heavy atom. The molecule has 2 atom stereocenters. The van der Waals surface area contributed by atoms with Gasteiger partial charge in [-0.3, -0.25) is 0 Å². The predicted molar refractivity (Wildman–Crippen MR) is 74.6 cm³/mol. The van der Waals surface area contributed by atoms with Gasteiger partial charge < -0.3 is 15.2 Å². The number of hydrogen-bond donors (Lipinski definition) is 2. The zero-order valence-corrected chi connectivity index (χ0v) is 11.8. The number of nitrogens with one attached hydrogen (secondary N) is 1. The van der Waals surface area contributed by atoms with Crippen molar-refractivity contribution in [2.24, 2.45) is 0 Å². The van der Waals surface area contributed by atoms with Gasteiger partial charge in [-0.2, -0.15) is 0 Å². The Bertz CT molecular complexity index is 332. The highest BCUT2D eigenvalue weighted by Gasteiger charge is 2.14. The van der Waals surface area contributed by atoms with Gasteiger partial charge >= 0.3 is 0 Å². The molecule has 18 heavy (non-hydrogen) atoms. The van der Waals surface area contributed by atoms with E-state index in [4.69, 9.17) is 4.74 Å². The molecule has 0 heterocycles. The van der Waals surface area contributed by atoms with Crippen molar-refractivity contribution >= 4 is 0 Å². The summed E-state index contributed by atoms with van der Waals surface area (Å²) >= 11 is 0. The van der Waals surface area contributed by atoms with Crippen LogP contribution in [0.25, 0.3) is 0 Å². The first kappa shape index (κ1) is 15.2. The summed E-state index contributed by atoms with van der Waals surface area (Å²) in [4.78, 5) is 0. The molecule has 0 radical (unpaired) electrons. The number of benzene rings is 1. The molecule has 0 bridgehead atoms. The van der Waals surface area contributed by atoms with Crippen molar-refractivity contribution in [1.82, 2.24) is 5.32 Å². The fourth-order valence-electron chi connectivity index (χ4n) is 1.58. The molecule has 0 aliphatic carbocycles. The van der Waals surface area contributed by atoms with Crippen LogP contribution in [-0.4, -0.2) is 30.0 Å². The lowest BCUT2D eigenvalue weighted by Gasteiger charge is -2.23. The summed E-state index contributed by atoms with van der Waals surface area (Å²) in [6, 6.07) is 10.4. The second-order valence-corrected chi connectivity index (χ2v) is 5.62. The first-order valence-corrected chi connectivity index (χ1v) is 6.49. The molecule has 1 aromatic rings. The third-order valence-corrected chi connectivity index (χ3v) is 2.67. The van der Waals surface area contributed by atoms with Crippen LogP contribution in [0.4, 0.5) is 0 Å². The summed E-state index contributed by atoms with van der Waals surface area (Å²) in [5.74, 6) is 0. The molecule has 3 heteroatoms. The molecule has 1 aromatic carbocycles. The molecular weight excluding hydrogens is 226 g/mol. The van der Waals surface area contributed by atoms with Crippen molar-refractivity contribution in [1.29, 1.82) is 0 Å². The predicted octanol–water partition coefficient (Wildman–Crippen LogP) is 2.51. The Kier molecular flexibility index (Phi) is 5.79. The van der Waals surface area contributed by atoms with Gasteiger partial charge in [-0.05, 0) is 33.3 Å². The highest BCUT2D eigenvalue weighted by atomic mass is 16.5. The van der Waals surface area contributed by atoms with Gasteiger partial charge in [-0.15, -0.1) is 0 Å². The average Bonchev–Trinajstić information content (AvgIpc) is 2.33. The molecule has 0 unspecified atom stereocenters. The van der Waals surface area contributed by atoms with E-state index in [2.05, 4.69) is 24.4 Å². The van der Waals surface area contributed by atoms with E-state index >= 15 is 0 Å². The van der Waals surface area contributed by atoms with Crippen LogP contribution in [0.5, 0.6) is 0 Å². The summed E-state index contributed by atoms with van der Waals surface area (Å²) in [5, 5.41) is 13.1. The first-order valence-electron chi connectivity index (χ1n) is 6.49. The number of aliphatic hydroxyl groups is 1. The molecule has 3 nitrogen and oxygen atoms in total. The van der Waals surface area contributed by atoms with Gasteiger partial charge in [-0.1, -0.05) is 30.3 Å². The zero-order valence-electron chi connectivity index (χ0n) is 11.8. The SMILES string of the molecule is C[C@@H](NC[C@H](O)COC(C)(C)C)c1ccccc1. The van der Waals surface area contributed by atoms with Crippen LogP contribution in [-0.2, 0) is 4.74 Å². The smallest absolute Gasteiger partial charge is 0.0898 e. The van der Waals surface area contributed by atoms with Gasteiger partial charge in [0, 0.05) is 12.6 Å². The van der Waals surface area contributed by atoms with Gasteiger partial charge in [0.1, 0.15) is 0 Å². The van der Waals surface area contributed by atoms with Crippen molar-refractivity contribution in [2.45, 2.75) is 45.4 Å². The molecule has 0 amide bonds. The van der Waals surface area contributed by atoms with Crippen molar-refractivity contribution in [2.75, 3.05) is 13.2 Å². The van der Waals surface area contributed by atoms with E-state index < -0.39 is 6.10 Å². The number of aliphatic hydroxyl groups excluding tert-OH is 1. The van der Waals surface area contributed by atoms with E-state index in [0.717, 1.165) is 0 Å². The molecule has 0 saturated carbocycles. The minimum Gasteiger partial charge on any atom is -0.389 e. The Labute approximate surface area is 110 Å². The minimum atomic E-state index is -0.476. The van der Waals surface area contributed by atoms with Crippen molar-refractivity contribution in [3.63, 3.8) is 0 Å². The maximum atomic E-state index is 9.82. The Morgan fingerprint density at radius 1 is 1.22 bits per heavy atom. The Morgan fingerprint density at radius 2 is 1.83 bits per heavy atom. The second kappa shape index (κ2) is 6.88. The zero-order chi connectivity index (χ0) is 13.6. The second-order valence-electron chi connectivity index (χ2n) is 5.62. The van der Waals surface area contributed by atoms with E-state index in [1.807, 2.05) is 39.0 Å². The van der Waals surface area contributed by atoms with E-state index in [1.165, 1.54) is 5.56 Å². The standard InChI is InChI=1S/C15H25NO2/c1-12(13-8-6-5-7-9-13)16-10-14(17)11-18-15(2,3)4/h5-9,12,14,16-17H,10-11H2,1-4H3/t12-,14+/m1/s1. The van der Waals surface area contributed by atoms with Crippen molar-refractivity contribution in [3.8, 4) is 0 Å². The summed E-state index contributed by atoms with van der Waals surface area (Å²) in [6.45, 7) is 8.94. The van der Waals surface area contributed by atoms with Crippen LogP contribution in [0.3, 0.4) is 0 Å². The molecule has 1 rings (SSSR count). The van der Waals surface area contributed by atoms with Crippen LogP contribution in [0, 0.1) is 0 Å². The summed E-state index contributed by atoms with van der Waals surface area (Å²) < 4.78 is 5.54. The highest BCUT2D eigenvalue weighted by Crippen LogP contribution is 2.11. The summed E-state index contributed by atoms with van der Waals surface area (Å²) in [6.07, 6.45) is -0.476. The van der Waals surface area contributed by atoms with Gasteiger partial charge in [0.15, 0.2) is 0 Å². The lowest BCUT2D eigenvalue weighted by Crippen LogP contribution is -2.34. The largest absolute Gasteiger partial charge is 0.389 e. The third-order valence-electron chi connectivity index (χ3n) is 2.67. The maximum absolute atomic E-state index is 9.82. The minimum absolute atomic E-state index is 0.202. The molecule has 2 N–H and O–H groups in total. The third kappa shape index (κ3) is 6.15. The number of rotatable bonds is 6. The highest BCUT2D eigenvalue weighted by molar-refractivity contribution is 5.17. The molecular formula is C15H25NO2. The van der Waals surface area contributed by atoms with Crippen LogP contribution in [0.15, 0.2) is 30.3 Å². The topological polar surface area (TPSA) is 41.5 Å².